The lowest BCUT2D eigenvalue weighted by molar-refractivity contribution is -0.156. The minimum atomic E-state index is 0.0863. The Morgan fingerprint density at radius 1 is 1.14 bits per heavy atom. The van der Waals surface area contributed by atoms with Crippen molar-refractivity contribution in [3.63, 3.8) is 0 Å². The maximum Gasteiger partial charge on any atom is 0.306 e. The first-order valence-electron chi connectivity index (χ1n) is 5.95. The average molecular weight is 192 g/mol. The maximum atomic E-state index is 11.4. The van der Waals surface area contributed by atoms with Crippen LogP contribution in [0.1, 0.15) is 38.5 Å². The summed E-state index contributed by atoms with van der Waals surface area (Å²) in [6.07, 6.45) is 7.77. The van der Waals surface area contributed by atoms with E-state index in [4.69, 9.17) is 4.74 Å². The zero-order valence-corrected chi connectivity index (χ0v) is 8.37. The summed E-state index contributed by atoms with van der Waals surface area (Å²) in [5.41, 5.74) is 0.311. The van der Waals surface area contributed by atoms with Crippen LogP contribution in [0.25, 0.3) is 0 Å². The highest BCUT2D eigenvalue weighted by Crippen LogP contribution is 2.64. The van der Waals surface area contributed by atoms with Crippen molar-refractivity contribution in [2.45, 2.75) is 44.6 Å². The molecule has 0 aromatic carbocycles. The Morgan fingerprint density at radius 2 is 1.86 bits per heavy atom. The summed E-state index contributed by atoms with van der Waals surface area (Å²) in [6, 6.07) is 0. The second kappa shape index (κ2) is 2.17. The fraction of sp³-hybridized carbons (Fsp3) is 0.917. The topological polar surface area (TPSA) is 26.3 Å². The van der Waals surface area contributed by atoms with E-state index in [1.54, 1.807) is 0 Å². The van der Waals surface area contributed by atoms with Crippen LogP contribution in [0.15, 0.2) is 0 Å². The molecule has 0 amide bonds. The Balaban J connectivity index is 1.80. The molecular weight excluding hydrogens is 176 g/mol. The van der Waals surface area contributed by atoms with E-state index in [-0.39, 0.29) is 5.97 Å². The summed E-state index contributed by atoms with van der Waals surface area (Å²) in [5, 5.41) is 0. The van der Waals surface area contributed by atoms with Crippen molar-refractivity contribution in [2.24, 2.45) is 23.2 Å². The van der Waals surface area contributed by atoms with Gasteiger partial charge in [-0.2, -0.15) is 0 Å². The van der Waals surface area contributed by atoms with E-state index in [1.807, 2.05) is 0 Å². The summed E-state index contributed by atoms with van der Waals surface area (Å²) in [4.78, 5) is 11.4. The van der Waals surface area contributed by atoms with Crippen LogP contribution in [-0.2, 0) is 9.53 Å². The van der Waals surface area contributed by atoms with Gasteiger partial charge in [0.05, 0.1) is 6.42 Å². The fourth-order valence-electron chi connectivity index (χ4n) is 5.10. The predicted molar refractivity (Wildman–Crippen MR) is 50.5 cm³/mol. The van der Waals surface area contributed by atoms with Crippen molar-refractivity contribution >= 4 is 5.97 Å². The van der Waals surface area contributed by atoms with Crippen molar-refractivity contribution in [1.82, 2.24) is 0 Å². The molecule has 1 saturated heterocycles. The molecule has 3 atom stereocenters. The Bertz CT molecular complexity index is 295. The first-order valence-corrected chi connectivity index (χ1v) is 5.95. The Hall–Kier alpha value is -0.530. The molecule has 1 heterocycles. The van der Waals surface area contributed by atoms with Crippen molar-refractivity contribution in [3.05, 3.63) is 0 Å². The molecule has 0 aromatic rings. The molecule has 14 heavy (non-hydrogen) atoms. The van der Waals surface area contributed by atoms with Gasteiger partial charge in [-0.05, 0) is 49.9 Å². The number of carbonyl (C=O) groups is 1. The molecule has 2 nitrogen and oxygen atoms in total. The molecule has 4 aliphatic carbocycles. The average Bonchev–Trinajstić information content (AvgIpc) is 2.40. The minimum absolute atomic E-state index is 0.0863. The third-order valence-electron chi connectivity index (χ3n) is 5.12. The van der Waals surface area contributed by atoms with Crippen LogP contribution >= 0.6 is 0 Å². The van der Waals surface area contributed by atoms with E-state index in [2.05, 4.69) is 0 Å². The highest BCUT2D eigenvalue weighted by Gasteiger charge is 2.62. The molecule has 5 aliphatic rings. The van der Waals surface area contributed by atoms with Gasteiger partial charge in [-0.25, -0.2) is 0 Å². The minimum Gasteiger partial charge on any atom is -0.461 e. The summed E-state index contributed by atoms with van der Waals surface area (Å²) in [5.74, 6) is 2.67. The Morgan fingerprint density at radius 3 is 2.57 bits per heavy atom. The molecule has 0 aromatic heterocycles. The number of carbonyl (C=O) groups excluding carboxylic acids is 1. The van der Waals surface area contributed by atoms with Crippen molar-refractivity contribution in [3.8, 4) is 0 Å². The molecule has 4 saturated carbocycles. The number of rotatable bonds is 0. The van der Waals surface area contributed by atoms with Gasteiger partial charge in [0.15, 0.2) is 0 Å². The van der Waals surface area contributed by atoms with Gasteiger partial charge in [0.25, 0.3) is 0 Å². The van der Waals surface area contributed by atoms with Crippen molar-refractivity contribution < 1.29 is 9.53 Å². The Labute approximate surface area is 84.0 Å². The largest absolute Gasteiger partial charge is 0.461 e. The molecule has 0 N–H and O–H groups in total. The van der Waals surface area contributed by atoms with E-state index < -0.39 is 0 Å². The van der Waals surface area contributed by atoms with Gasteiger partial charge >= 0.3 is 5.97 Å². The standard InChI is InChI=1S/C12H16O2/c13-10-6-12-4-7-1-8(5-12)3-9(2-7)11(12)14-10/h7-9,11H,1-6H2. The molecular formula is C12H16O2. The highest BCUT2D eigenvalue weighted by atomic mass is 16.6. The summed E-state index contributed by atoms with van der Waals surface area (Å²) < 4.78 is 5.55. The first kappa shape index (κ1) is 7.72. The smallest absolute Gasteiger partial charge is 0.306 e. The Kier molecular flexibility index (Phi) is 1.20. The van der Waals surface area contributed by atoms with Gasteiger partial charge in [-0.3, -0.25) is 4.79 Å². The van der Waals surface area contributed by atoms with Gasteiger partial charge in [-0.15, -0.1) is 0 Å². The first-order chi connectivity index (χ1) is 6.75. The van der Waals surface area contributed by atoms with Crippen LogP contribution in [0.4, 0.5) is 0 Å². The summed E-state index contributed by atoms with van der Waals surface area (Å²) in [7, 11) is 0. The van der Waals surface area contributed by atoms with Gasteiger partial charge < -0.3 is 4.74 Å². The van der Waals surface area contributed by atoms with E-state index in [9.17, 15) is 4.79 Å². The third kappa shape index (κ3) is 0.768. The van der Waals surface area contributed by atoms with Gasteiger partial charge in [0.2, 0.25) is 0 Å². The van der Waals surface area contributed by atoms with Crippen LogP contribution in [-0.4, -0.2) is 12.1 Å². The molecule has 4 bridgehead atoms. The molecule has 5 fully saturated rings. The van der Waals surface area contributed by atoms with Crippen LogP contribution in [0, 0.1) is 23.2 Å². The van der Waals surface area contributed by atoms with Crippen LogP contribution in [0.3, 0.4) is 0 Å². The monoisotopic (exact) mass is 192 g/mol. The lowest BCUT2D eigenvalue weighted by atomic mass is 9.48. The van der Waals surface area contributed by atoms with Crippen LogP contribution in [0.5, 0.6) is 0 Å². The normalized spacial score (nSPS) is 58.7. The number of hydrogen-bond acceptors (Lipinski definition) is 2. The highest BCUT2D eigenvalue weighted by molar-refractivity contribution is 5.73. The molecule has 1 spiro atoms. The molecule has 3 unspecified atom stereocenters. The molecule has 0 radical (unpaired) electrons. The second-order valence-electron chi connectivity index (χ2n) is 6.06. The second-order valence-corrected chi connectivity index (χ2v) is 6.06. The zero-order chi connectivity index (χ0) is 9.34. The summed E-state index contributed by atoms with van der Waals surface area (Å²) in [6.45, 7) is 0. The number of hydrogen-bond donors (Lipinski definition) is 0. The summed E-state index contributed by atoms with van der Waals surface area (Å²) >= 11 is 0. The van der Waals surface area contributed by atoms with Gasteiger partial charge in [0.1, 0.15) is 6.10 Å². The van der Waals surface area contributed by atoms with Crippen molar-refractivity contribution in [2.75, 3.05) is 0 Å². The van der Waals surface area contributed by atoms with Crippen LogP contribution in [0.2, 0.25) is 0 Å². The number of ether oxygens (including phenoxy) is 1. The van der Waals surface area contributed by atoms with E-state index in [0.717, 1.165) is 24.2 Å². The molecule has 1 aliphatic heterocycles. The maximum absolute atomic E-state index is 11.4. The van der Waals surface area contributed by atoms with E-state index >= 15 is 0 Å². The quantitative estimate of drug-likeness (QED) is 0.549. The van der Waals surface area contributed by atoms with Crippen LogP contribution < -0.4 is 0 Å². The number of esters is 1. The SMILES string of the molecule is O=C1CC23CC4CC(CC(C4)C2O1)C3. The van der Waals surface area contributed by atoms with Crippen molar-refractivity contribution in [1.29, 1.82) is 0 Å². The zero-order valence-electron chi connectivity index (χ0n) is 8.37. The lowest BCUT2D eigenvalue weighted by Crippen LogP contribution is -2.53. The molecule has 76 valence electrons. The van der Waals surface area contributed by atoms with E-state index in [1.165, 1.54) is 32.1 Å². The molecule has 2 heteroatoms. The molecule has 5 rings (SSSR count). The predicted octanol–water partition coefficient (Wildman–Crippen LogP) is 2.13. The third-order valence-corrected chi connectivity index (χ3v) is 5.12. The lowest BCUT2D eigenvalue weighted by Gasteiger charge is -2.57. The fourth-order valence-corrected chi connectivity index (χ4v) is 5.10. The van der Waals surface area contributed by atoms with E-state index in [0.29, 0.717) is 11.5 Å². The van der Waals surface area contributed by atoms with Gasteiger partial charge in [-0.1, -0.05) is 0 Å². The van der Waals surface area contributed by atoms with Gasteiger partial charge in [0, 0.05) is 5.41 Å².